The minimum Gasteiger partial charge on any atom is -0.372 e. The van der Waals surface area contributed by atoms with Gasteiger partial charge in [0.25, 0.3) is 5.91 Å². The first-order valence-corrected chi connectivity index (χ1v) is 8.81. The molecule has 0 heterocycles. The molecule has 0 aromatic heterocycles. The van der Waals surface area contributed by atoms with E-state index >= 15 is 0 Å². The first-order valence-electron chi connectivity index (χ1n) is 6.92. The molecule has 4 N–H and O–H groups in total. The molecule has 2 aromatic rings. The van der Waals surface area contributed by atoms with E-state index in [9.17, 15) is 22.7 Å². The Hall–Kier alpha value is -2.45. The summed E-state index contributed by atoms with van der Waals surface area (Å²) in [7, 11) is -3.68. The van der Waals surface area contributed by atoms with Crippen LogP contribution in [0.25, 0.3) is 0 Å². The summed E-state index contributed by atoms with van der Waals surface area (Å²) in [6.07, 6.45) is 0.892. The second-order valence-corrected chi connectivity index (χ2v) is 7.21. The Bertz CT molecular complexity index is 861. The number of primary amides is 1. The maximum absolute atomic E-state index is 14.4. The first-order chi connectivity index (χ1) is 11.1. The molecule has 2 aromatic carbocycles. The summed E-state index contributed by atoms with van der Waals surface area (Å²) in [5.41, 5.74) is 3.16. The van der Waals surface area contributed by atoms with Crippen molar-refractivity contribution < 1.29 is 22.7 Å². The molecule has 24 heavy (non-hydrogen) atoms. The number of amides is 1. The third-order valence-electron chi connectivity index (χ3n) is 3.54. The molecule has 0 aliphatic carbocycles. The second kappa shape index (κ2) is 6.21. The van der Waals surface area contributed by atoms with Crippen LogP contribution in [-0.4, -0.2) is 25.7 Å². The number of sulfonamides is 1. The number of anilines is 1. The van der Waals surface area contributed by atoms with Gasteiger partial charge in [0.2, 0.25) is 10.0 Å². The fourth-order valence-electron chi connectivity index (χ4n) is 2.40. The van der Waals surface area contributed by atoms with Gasteiger partial charge >= 0.3 is 0 Å². The van der Waals surface area contributed by atoms with Crippen LogP contribution < -0.4 is 10.5 Å². The van der Waals surface area contributed by atoms with Crippen molar-refractivity contribution in [2.75, 3.05) is 11.0 Å². The van der Waals surface area contributed by atoms with Crippen LogP contribution in [0, 0.1) is 12.7 Å². The molecule has 8 heteroatoms. The van der Waals surface area contributed by atoms with Crippen molar-refractivity contribution in [3.8, 4) is 0 Å². The minimum atomic E-state index is -3.68. The summed E-state index contributed by atoms with van der Waals surface area (Å²) in [6.45, 7) is 1.45. The Morgan fingerprint density at radius 2 is 1.79 bits per heavy atom. The quantitative estimate of drug-likeness (QED) is 0.752. The fourth-order valence-corrected chi connectivity index (χ4v) is 3.03. The van der Waals surface area contributed by atoms with Crippen molar-refractivity contribution in [1.29, 1.82) is 0 Å². The van der Waals surface area contributed by atoms with E-state index in [1.807, 2.05) is 0 Å². The summed E-state index contributed by atoms with van der Waals surface area (Å²) in [5, 5.41) is 10.8. The van der Waals surface area contributed by atoms with Crippen LogP contribution in [0.15, 0.2) is 42.5 Å². The molecule has 6 nitrogen and oxygen atoms in total. The van der Waals surface area contributed by atoms with Gasteiger partial charge in [0.1, 0.15) is 5.82 Å². The van der Waals surface area contributed by atoms with Gasteiger partial charge in [-0.3, -0.25) is 9.52 Å². The molecule has 0 fully saturated rings. The van der Waals surface area contributed by atoms with Crippen molar-refractivity contribution >= 4 is 21.6 Å². The Kier molecular flexibility index (Phi) is 4.63. The van der Waals surface area contributed by atoms with Gasteiger partial charge in [-0.05, 0) is 24.1 Å². The number of halogens is 1. The number of nitrogens with two attached hydrogens (primary N) is 1. The van der Waals surface area contributed by atoms with E-state index in [0.717, 1.165) is 12.3 Å². The van der Waals surface area contributed by atoms with Gasteiger partial charge < -0.3 is 10.8 Å². The molecule has 0 spiro atoms. The Morgan fingerprint density at radius 3 is 2.25 bits per heavy atom. The van der Waals surface area contributed by atoms with Gasteiger partial charge in [-0.1, -0.05) is 36.4 Å². The minimum absolute atomic E-state index is 0.0877. The number of carbonyl (C=O) groups is 1. The van der Waals surface area contributed by atoms with Gasteiger partial charge in [-0.15, -0.1) is 0 Å². The maximum Gasteiger partial charge on any atom is 0.258 e. The van der Waals surface area contributed by atoms with E-state index in [1.54, 1.807) is 18.2 Å². The number of rotatable bonds is 5. The molecule has 2 rings (SSSR count). The zero-order valence-electron chi connectivity index (χ0n) is 13.1. The Labute approximate surface area is 139 Å². The molecule has 128 valence electrons. The summed E-state index contributed by atoms with van der Waals surface area (Å²) in [4.78, 5) is 11.9. The lowest BCUT2D eigenvalue weighted by Gasteiger charge is -2.26. The van der Waals surface area contributed by atoms with Gasteiger partial charge in [-0.2, -0.15) is 0 Å². The third-order valence-corrected chi connectivity index (χ3v) is 4.12. The SMILES string of the molecule is Cc1cc(C(O)(C(N)=O)c2ccccc2)cc(F)c1NS(C)(=O)=O. The van der Waals surface area contributed by atoms with Crippen LogP contribution in [-0.2, 0) is 20.4 Å². The van der Waals surface area contributed by atoms with Crippen LogP contribution in [0.2, 0.25) is 0 Å². The molecule has 0 aliphatic heterocycles. The lowest BCUT2D eigenvalue weighted by Crippen LogP contribution is -2.42. The van der Waals surface area contributed by atoms with Gasteiger partial charge in [0, 0.05) is 5.56 Å². The largest absolute Gasteiger partial charge is 0.372 e. The van der Waals surface area contributed by atoms with Crippen LogP contribution in [0.3, 0.4) is 0 Å². The molecular formula is C16H17FN2O4S. The normalized spacial score (nSPS) is 14.0. The van der Waals surface area contributed by atoms with E-state index in [0.29, 0.717) is 0 Å². The highest BCUT2D eigenvalue weighted by Gasteiger charge is 2.39. The van der Waals surface area contributed by atoms with Crippen LogP contribution in [0.1, 0.15) is 16.7 Å². The van der Waals surface area contributed by atoms with Crippen LogP contribution >= 0.6 is 0 Å². The predicted octanol–water partition coefficient (Wildman–Crippen LogP) is 1.23. The monoisotopic (exact) mass is 352 g/mol. The standard InChI is InChI=1S/C16H17FN2O4S/c1-10-8-12(9-13(17)14(10)19-24(2,22)23)16(21,15(18)20)11-6-4-3-5-7-11/h3-9,19,21H,1-2H3,(H2,18,20). The number of nitrogens with one attached hydrogen (secondary N) is 1. The van der Waals surface area contributed by atoms with E-state index in [2.05, 4.69) is 4.72 Å². The predicted molar refractivity (Wildman–Crippen MR) is 88.2 cm³/mol. The van der Waals surface area contributed by atoms with Crippen molar-refractivity contribution in [2.45, 2.75) is 12.5 Å². The van der Waals surface area contributed by atoms with Crippen molar-refractivity contribution in [1.82, 2.24) is 0 Å². The average molecular weight is 352 g/mol. The first kappa shape index (κ1) is 17.9. The second-order valence-electron chi connectivity index (χ2n) is 5.46. The summed E-state index contributed by atoms with van der Waals surface area (Å²) in [6, 6.07) is 10.1. The van der Waals surface area contributed by atoms with Crippen molar-refractivity contribution in [3.05, 3.63) is 65.0 Å². The summed E-state index contributed by atoms with van der Waals surface area (Å²) >= 11 is 0. The average Bonchev–Trinajstić information content (AvgIpc) is 2.49. The lowest BCUT2D eigenvalue weighted by atomic mass is 9.84. The number of hydrogen-bond acceptors (Lipinski definition) is 4. The van der Waals surface area contributed by atoms with Gasteiger partial charge in [0.05, 0.1) is 11.9 Å². The molecule has 0 aliphatic rings. The molecule has 0 saturated heterocycles. The molecule has 1 unspecified atom stereocenters. The highest BCUT2D eigenvalue weighted by molar-refractivity contribution is 7.92. The number of aryl methyl sites for hydroxylation is 1. The number of hydrogen-bond donors (Lipinski definition) is 3. The third kappa shape index (κ3) is 3.39. The lowest BCUT2D eigenvalue weighted by molar-refractivity contribution is -0.133. The van der Waals surface area contributed by atoms with E-state index in [1.165, 1.54) is 25.1 Å². The maximum atomic E-state index is 14.4. The van der Waals surface area contributed by atoms with Crippen molar-refractivity contribution in [2.24, 2.45) is 5.73 Å². The summed E-state index contributed by atoms with van der Waals surface area (Å²) in [5.74, 6) is -2.00. The van der Waals surface area contributed by atoms with Crippen molar-refractivity contribution in [3.63, 3.8) is 0 Å². The molecule has 0 saturated carbocycles. The fraction of sp³-hybridized carbons (Fsp3) is 0.188. The number of aliphatic hydroxyl groups is 1. The van der Waals surface area contributed by atoms with E-state index < -0.39 is 27.3 Å². The van der Waals surface area contributed by atoms with Crippen LogP contribution in [0.5, 0.6) is 0 Å². The molecule has 1 atom stereocenters. The highest BCUT2D eigenvalue weighted by atomic mass is 32.2. The van der Waals surface area contributed by atoms with E-state index in [-0.39, 0.29) is 22.4 Å². The number of carbonyl (C=O) groups excluding carboxylic acids is 1. The number of benzene rings is 2. The molecule has 0 bridgehead atoms. The summed E-state index contributed by atoms with van der Waals surface area (Å²) < 4.78 is 39.1. The van der Waals surface area contributed by atoms with Gasteiger partial charge in [0.15, 0.2) is 5.60 Å². The Balaban J connectivity index is 2.64. The molecular weight excluding hydrogens is 335 g/mol. The molecule has 0 radical (unpaired) electrons. The topological polar surface area (TPSA) is 109 Å². The Morgan fingerprint density at radius 1 is 1.21 bits per heavy atom. The molecule has 1 amide bonds. The zero-order chi connectivity index (χ0) is 18.1. The van der Waals surface area contributed by atoms with E-state index in [4.69, 9.17) is 5.73 Å². The smallest absolute Gasteiger partial charge is 0.258 e. The highest BCUT2D eigenvalue weighted by Crippen LogP contribution is 2.33. The van der Waals surface area contributed by atoms with Gasteiger partial charge in [-0.25, -0.2) is 12.8 Å². The van der Waals surface area contributed by atoms with Crippen LogP contribution in [0.4, 0.5) is 10.1 Å². The zero-order valence-corrected chi connectivity index (χ0v) is 13.9.